The van der Waals surface area contributed by atoms with Crippen molar-refractivity contribution in [3.05, 3.63) is 23.8 Å². The molecule has 0 aliphatic rings. The van der Waals surface area contributed by atoms with Crippen LogP contribution in [0.2, 0.25) is 0 Å². The minimum absolute atomic E-state index is 0.195. The standard InChI is InChI=1S/C12H20N2O3S/c1-4-10-5-6-11(17-3)12(9-10)18(15,16)14(2)8-7-13/h5-6,9H,4,7-8,13H2,1-3H3. The van der Waals surface area contributed by atoms with Crippen LogP contribution in [0.4, 0.5) is 0 Å². The molecular weight excluding hydrogens is 252 g/mol. The Balaban J connectivity index is 3.29. The van der Waals surface area contributed by atoms with Crippen LogP contribution in [0.3, 0.4) is 0 Å². The van der Waals surface area contributed by atoms with Gasteiger partial charge in [0.15, 0.2) is 0 Å². The first-order valence-electron chi connectivity index (χ1n) is 5.80. The Morgan fingerprint density at radius 3 is 2.56 bits per heavy atom. The molecule has 0 unspecified atom stereocenters. The number of nitrogens with two attached hydrogens (primary N) is 1. The smallest absolute Gasteiger partial charge is 0.246 e. The maximum atomic E-state index is 12.4. The monoisotopic (exact) mass is 272 g/mol. The van der Waals surface area contributed by atoms with Gasteiger partial charge in [0.1, 0.15) is 10.6 Å². The van der Waals surface area contributed by atoms with Crippen molar-refractivity contribution < 1.29 is 13.2 Å². The summed E-state index contributed by atoms with van der Waals surface area (Å²) >= 11 is 0. The number of hydrogen-bond acceptors (Lipinski definition) is 4. The fourth-order valence-corrected chi connectivity index (χ4v) is 3.00. The second-order valence-electron chi connectivity index (χ2n) is 3.95. The lowest BCUT2D eigenvalue weighted by molar-refractivity contribution is 0.398. The van der Waals surface area contributed by atoms with Crippen molar-refractivity contribution in [1.29, 1.82) is 0 Å². The molecule has 0 bridgehead atoms. The maximum Gasteiger partial charge on any atom is 0.246 e. The topological polar surface area (TPSA) is 72.6 Å². The molecule has 18 heavy (non-hydrogen) atoms. The molecule has 0 radical (unpaired) electrons. The number of likely N-dealkylation sites (N-methyl/N-ethyl adjacent to an activating group) is 1. The minimum Gasteiger partial charge on any atom is -0.495 e. The quantitative estimate of drug-likeness (QED) is 0.833. The Morgan fingerprint density at radius 2 is 2.06 bits per heavy atom. The summed E-state index contributed by atoms with van der Waals surface area (Å²) in [6.07, 6.45) is 0.771. The number of ether oxygens (including phenoxy) is 1. The molecule has 0 aromatic heterocycles. The van der Waals surface area contributed by atoms with Gasteiger partial charge in [-0.3, -0.25) is 0 Å². The van der Waals surface area contributed by atoms with E-state index in [4.69, 9.17) is 10.5 Å². The van der Waals surface area contributed by atoms with Gasteiger partial charge in [0.2, 0.25) is 10.0 Å². The van der Waals surface area contributed by atoms with Gasteiger partial charge in [-0.2, -0.15) is 4.31 Å². The van der Waals surface area contributed by atoms with Crippen LogP contribution in [-0.4, -0.2) is 40.0 Å². The molecular formula is C12H20N2O3S. The van der Waals surface area contributed by atoms with Crippen molar-refractivity contribution in [3.8, 4) is 5.75 Å². The zero-order valence-electron chi connectivity index (χ0n) is 11.0. The largest absolute Gasteiger partial charge is 0.495 e. The van der Waals surface area contributed by atoms with Gasteiger partial charge in [-0.1, -0.05) is 13.0 Å². The van der Waals surface area contributed by atoms with Gasteiger partial charge < -0.3 is 10.5 Å². The van der Waals surface area contributed by atoms with E-state index in [-0.39, 0.29) is 18.0 Å². The summed E-state index contributed by atoms with van der Waals surface area (Å²) in [4.78, 5) is 0.195. The molecule has 1 aromatic rings. The average molecular weight is 272 g/mol. The lowest BCUT2D eigenvalue weighted by Crippen LogP contribution is -2.32. The molecule has 0 atom stereocenters. The SMILES string of the molecule is CCc1ccc(OC)c(S(=O)(=O)N(C)CCN)c1. The fourth-order valence-electron chi connectivity index (χ4n) is 1.61. The highest BCUT2D eigenvalue weighted by Crippen LogP contribution is 2.27. The summed E-state index contributed by atoms with van der Waals surface area (Å²) in [6.45, 7) is 2.54. The molecule has 0 aliphatic carbocycles. The van der Waals surface area contributed by atoms with Crippen LogP contribution in [0, 0.1) is 0 Å². The number of methoxy groups -OCH3 is 1. The Morgan fingerprint density at radius 1 is 1.39 bits per heavy atom. The lowest BCUT2D eigenvalue weighted by Gasteiger charge is -2.18. The number of rotatable bonds is 6. The van der Waals surface area contributed by atoms with E-state index >= 15 is 0 Å². The van der Waals surface area contributed by atoms with Gasteiger partial charge >= 0.3 is 0 Å². The van der Waals surface area contributed by atoms with E-state index in [1.54, 1.807) is 12.1 Å². The van der Waals surface area contributed by atoms with Crippen LogP contribution in [0.15, 0.2) is 23.1 Å². The summed E-state index contributed by atoms with van der Waals surface area (Å²) in [5.74, 6) is 0.357. The van der Waals surface area contributed by atoms with Crippen molar-refractivity contribution in [2.75, 3.05) is 27.2 Å². The first kappa shape index (κ1) is 14.9. The number of nitrogens with zero attached hydrogens (tertiary/aromatic N) is 1. The van der Waals surface area contributed by atoms with Crippen molar-refractivity contribution in [2.45, 2.75) is 18.2 Å². The normalized spacial score (nSPS) is 11.8. The summed E-state index contributed by atoms with van der Waals surface area (Å²) in [5, 5.41) is 0. The first-order chi connectivity index (χ1) is 8.47. The van der Waals surface area contributed by atoms with Gasteiger partial charge in [0, 0.05) is 20.1 Å². The second-order valence-corrected chi connectivity index (χ2v) is 5.97. The van der Waals surface area contributed by atoms with E-state index in [0.29, 0.717) is 5.75 Å². The van der Waals surface area contributed by atoms with Crippen molar-refractivity contribution in [1.82, 2.24) is 4.31 Å². The number of hydrogen-bond donors (Lipinski definition) is 1. The molecule has 0 saturated heterocycles. The predicted molar refractivity (Wildman–Crippen MR) is 71.2 cm³/mol. The van der Waals surface area contributed by atoms with Gasteiger partial charge in [-0.15, -0.1) is 0 Å². The van der Waals surface area contributed by atoms with Gasteiger partial charge in [0.25, 0.3) is 0 Å². The highest BCUT2D eigenvalue weighted by molar-refractivity contribution is 7.89. The molecule has 5 nitrogen and oxygen atoms in total. The van der Waals surface area contributed by atoms with Crippen molar-refractivity contribution >= 4 is 10.0 Å². The zero-order valence-corrected chi connectivity index (χ0v) is 11.8. The van der Waals surface area contributed by atoms with Crippen LogP contribution < -0.4 is 10.5 Å². The summed E-state index contributed by atoms with van der Waals surface area (Å²) in [7, 11) is -0.573. The minimum atomic E-state index is -3.55. The predicted octanol–water partition coefficient (Wildman–Crippen LogP) is 0.837. The highest BCUT2D eigenvalue weighted by Gasteiger charge is 2.24. The number of aryl methyl sites for hydroxylation is 1. The molecule has 1 aromatic carbocycles. The number of benzene rings is 1. The molecule has 0 saturated carbocycles. The maximum absolute atomic E-state index is 12.4. The van der Waals surface area contributed by atoms with Crippen LogP contribution in [0.1, 0.15) is 12.5 Å². The third kappa shape index (κ3) is 3.01. The Labute approximate surface area is 109 Å². The molecule has 0 amide bonds. The van der Waals surface area contributed by atoms with Crippen LogP contribution in [0.5, 0.6) is 5.75 Å². The molecule has 2 N–H and O–H groups in total. The Kier molecular flexibility index (Phi) is 5.13. The van der Waals surface area contributed by atoms with Crippen molar-refractivity contribution in [3.63, 3.8) is 0 Å². The summed E-state index contributed by atoms with van der Waals surface area (Å²) in [5.41, 5.74) is 6.35. The molecule has 102 valence electrons. The highest BCUT2D eigenvalue weighted by atomic mass is 32.2. The molecule has 0 aliphatic heterocycles. The van der Waals surface area contributed by atoms with E-state index in [0.717, 1.165) is 12.0 Å². The molecule has 1 rings (SSSR count). The van der Waals surface area contributed by atoms with E-state index in [9.17, 15) is 8.42 Å². The average Bonchev–Trinajstić information content (AvgIpc) is 2.38. The van der Waals surface area contributed by atoms with Crippen LogP contribution in [0.25, 0.3) is 0 Å². The molecule has 6 heteroatoms. The second kappa shape index (κ2) is 6.17. The lowest BCUT2D eigenvalue weighted by atomic mass is 10.2. The van der Waals surface area contributed by atoms with E-state index in [1.807, 2.05) is 13.0 Å². The van der Waals surface area contributed by atoms with Crippen LogP contribution in [-0.2, 0) is 16.4 Å². The Hall–Kier alpha value is -1.11. The van der Waals surface area contributed by atoms with E-state index < -0.39 is 10.0 Å². The van der Waals surface area contributed by atoms with Crippen LogP contribution >= 0.6 is 0 Å². The first-order valence-corrected chi connectivity index (χ1v) is 7.24. The Bertz CT molecular complexity index is 500. The third-order valence-electron chi connectivity index (χ3n) is 2.77. The summed E-state index contributed by atoms with van der Waals surface area (Å²) < 4.78 is 31.1. The molecule has 0 heterocycles. The van der Waals surface area contributed by atoms with E-state index in [1.165, 1.54) is 18.5 Å². The van der Waals surface area contributed by atoms with Gasteiger partial charge in [-0.05, 0) is 24.1 Å². The fraction of sp³-hybridized carbons (Fsp3) is 0.500. The third-order valence-corrected chi connectivity index (χ3v) is 4.65. The van der Waals surface area contributed by atoms with Gasteiger partial charge in [0.05, 0.1) is 7.11 Å². The zero-order chi connectivity index (χ0) is 13.8. The summed E-state index contributed by atoms with van der Waals surface area (Å²) in [6, 6.07) is 5.20. The number of sulfonamides is 1. The molecule has 0 fully saturated rings. The van der Waals surface area contributed by atoms with Gasteiger partial charge in [-0.25, -0.2) is 8.42 Å². The van der Waals surface area contributed by atoms with E-state index in [2.05, 4.69) is 0 Å². The molecule has 0 spiro atoms. The van der Waals surface area contributed by atoms with Crippen molar-refractivity contribution in [2.24, 2.45) is 5.73 Å².